The Kier molecular flexibility index (Phi) is 8.95. The van der Waals surface area contributed by atoms with Crippen LogP contribution in [-0.4, -0.2) is 29.6 Å². The molecule has 0 heterocycles. The number of carbonyl (C=O) groups excluding carboxylic acids is 2. The first-order chi connectivity index (χ1) is 16.5. The molecule has 0 aliphatic carbocycles. The number of nitrogens with two attached hydrogens (primary N) is 1. The van der Waals surface area contributed by atoms with Crippen molar-refractivity contribution in [3.05, 3.63) is 107 Å². The molecular formula is C27H28N4O3. The summed E-state index contributed by atoms with van der Waals surface area (Å²) < 4.78 is 0. The van der Waals surface area contributed by atoms with E-state index in [1.165, 1.54) is 16.6 Å². The van der Waals surface area contributed by atoms with E-state index in [0.717, 1.165) is 17.7 Å². The summed E-state index contributed by atoms with van der Waals surface area (Å²) in [5, 5.41) is 14.7. The van der Waals surface area contributed by atoms with Crippen LogP contribution in [0.3, 0.4) is 0 Å². The van der Waals surface area contributed by atoms with Crippen LogP contribution in [0.2, 0.25) is 0 Å². The molecule has 0 bridgehead atoms. The first-order valence-electron chi connectivity index (χ1n) is 10.9. The number of amides is 2. The first kappa shape index (κ1) is 24.7. The van der Waals surface area contributed by atoms with Gasteiger partial charge in [0.2, 0.25) is 0 Å². The molecule has 7 heteroatoms. The predicted molar refractivity (Wildman–Crippen MR) is 131 cm³/mol. The average Bonchev–Trinajstić information content (AvgIpc) is 2.90. The number of hydrogen-bond donors (Lipinski definition) is 5. The molecule has 0 spiro atoms. The Labute approximate surface area is 199 Å². The lowest BCUT2D eigenvalue weighted by molar-refractivity contribution is -0.130. The molecule has 34 heavy (non-hydrogen) atoms. The van der Waals surface area contributed by atoms with E-state index in [1.54, 1.807) is 24.3 Å². The average molecular weight is 457 g/mol. The van der Waals surface area contributed by atoms with E-state index in [1.807, 2.05) is 30.3 Å². The molecule has 2 atom stereocenters. The summed E-state index contributed by atoms with van der Waals surface area (Å²) >= 11 is 0. The minimum Gasteiger partial charge on any atom is -0.339 e. The van der Waals surface area contributed by atoms with Gasteiger partial charge in [-0.2, -0.15) is 0 Å². The molecule has 0 aliphatic heterocycles. The minimum atomic E-state index is -1.02. The summed E-state index contributed by atoms with van der Waals surface area (Å²) in [7, 11) is 0. The summed E-state index contributed by atoms with van der Waals surface area (Å²) in [6.45, 7) is 2.77. The fourth-order valence-corrected chi connectivity index (χ4v) is 3.24. The molecule has 174 valence electrons. The van der Waals surface area contributed by atoms with Gasteiger partial charge in [-0.25, -0.2) is 5.48 Å². The number of nitrogens with one attached hydrogen (secondary N) is 3. The fourth-order valence-electron chi connectivity index (χ4n) is 3.24. The molecule has 3 rings (SSSR count). The quantitative estimate of drug-likeness (QED) is 0.203. The van der Waals surface area contributed by atoms with Gasteiger partial charge in [0, 0.05) is 35.8 Å². The number of hydroxylamine groups is 1. The maximum Gasteiger partial charge on any atom is 0.267 e. The van der Waals surface area contributed by atoms with Crippen LogP contribution >= 0.6 is 0 Å². The third-order valence-electron chi connectivity index (χ3n) is 5.33. The van der Waals surface area contributed by atoms with Crippen molar-refractivity contribution in [2.24, 2.45) is 5.73 Å². The largest absolute Gasteiger partial charge is 0.339 e. The van der Waals surface area contributed by atoms with Crippen molar-refractivity contribution in [1.29, 1.82) is 0 Å². The topological polar surface area (TPSA) is 116 Å². The maximum atomic E-state index is 12.3. The van der Waals surface area contributed by atoms with Crippen LogP contribution in [-0.2, 0) is 11.3 Å². The Morgan fingerprint density at radius 2 is 1.50 bits per heavy atom. The van der Waals surface area contributed by atoms with Crippen LogP contribution in [0.1, 0.15) is 45.6 Å². The van der Waals surface area contributed by atoms with E-state index in [9.17, 15) is 9.59 Å². The van der Waals surface area contributed by atoms with Crippen molar-refractivity contribution in [3.8, 4) is 11.8 Å². The van der Waals surface area contributed by atoms with Gasteiger partial charge >= 0.3 is 0 Å². The zero-order valence-corrected chi connectivity index (χ0v) is 18.9. The fraction of sp³-hybridized carbons (Fsp3) is 0.185. The van der Waals surface area contributed by atoms with Crippen LogP contribution in [0.15, 0.2) is 78.9 Å². The molecule has 2 amide bonds. The van der Waals surface area contributed by atoms with Crippen LogP contribution < -0.4 is 21.8 Å². The Hall–Kier alpha value is -3.96. The van der Waals surface area contributed by atoms with E-state index in [2.05, 4.69) is 53.7 Å². The van der Waals surface area contributed by atoms with Gasteiger partial charge in [-0.15, -0.1) is 0 Å². The molecule has 0 radical (unpaired) electrons. The number of carbonyl (C=O) groups is 2. The van der Waals surface area contributed by atoms with Crippen LogP contribution in [0, 0.1) is 11.8 Å². The van der Waals surface area contributed by atoms with Crippen molar-refractivity contribution in [2.75, 3.05) is 6.54 Å². The molecule has 7 nitrogen and oxygen atoms in total. The van der Waals surface area contributed by atoms with Gasteiger partial charge in [-0.3, -0.25) is 14.8 Å². The van der Waals surface area contributed by atoms with Gasteiger partial charge in [0.25, 0.3) is 11.8 Å². The molecule has 3 aromatic carbocycles. The van der Waals surface area contributed by atoms with E-state index in [0.29, 0.717) is 5.56 Å². The van der Waals surface area contributed by atoms with Crippen LogP contribution in [0.4, 0.5) is 0 Å². The molecule has 6 N–H and O–H groups in total. The van der Waals surface area contributed by atoms with Crippen molar-refractivity contribution in [3.63, 3.8) is 0 Å². The van der Waals surface area contributed by atoms with Crippen molar-refractivity contribution in [1.82, 2.24) is 16.1 Å². The van der Waals surface area contributed by atoms with E-state index < -0.39 is 17.9 Å². The second-order valence-corrected chi connectivity index (χ2v) is 7.78. The first-order valence-corrected chi connectivity index (χ1v) is 10.9. The molecule has 0 unspecified atom stereocenters. The molecule has 0 saturated heterocycles. The number of benzene rings is 3. The predicted octanol–water partition coefficient (Wildman–Crippen LogP) is 2.50. The van der Waals surface area contributed by atoms with Gasteiger partial charge in [-0.05, 0) is 54.4 Å². The zero-order valence-electron chi connectivity index (χ0n) is 18.9. The summed E-state index contributed by atoms with van der Waals surface area (Å²) in [6.07, 6.45) is 0. The van der Waals surface area contributed by atoms with Crippen molar-refractivity contribution < 1.29 is 14.8 Å². The Morgan fingerprint density at radius 1 is 0.912 bits per heavy atom. The smallest absolute Gasteiger partial charge is 0.267 e. The van der Waals surface area contributed by atoms with Gasteiger partial charge in [0.15, 0.2) is 0 Å². The van der Waals surface area contributed by atoms with Crippen molar-refractivity contribution >= 4 is 11.8 Å². The second-order valence-electron chi connectivity index (χ2n) is 7.78. The molecule has 0 fully saturated rings. The highest BCUT2D eigenvalue weighted by atomic mass is 16.5. The highest BCUT2D eigenvalue weighted by Crippen LogP contribution is 2.13. The molecular weight excluding hydrogens is 428 g/mol. The highest BCUT2D eigenvalue weighted by molar-refractivity contribution is 5.97. The highest BCUT2D eigenvalue weighted by Gasteiger charge is 2.19. The minimum absolute atomic E-state index is 0.136. The molecule has 0 aromatic heterocycles. The summed E-state index contributed by atoms with van der Waals surface area (Å²) in [5.41, 5.74) is 11.4. The maximum absolute atomic E-state index is 12.3. The SMILES string of the molecule is C[C@@H](NCc1ccc(C#Cc2ccc(C(=O)N[C@@H](CN)C(=O)NO)cc2)cc1)c1ccccc1. The Morgan fingerprint density at radius 3 is 2.06 bits per heavy atom. The Bertz CT molecular complexity index is 1150. The second kappa shape index (κ2) is 12.3. The monoisotopic (exact) mass is 456 g/mol. The normalized spacial score (nSPS) is 12.1. The Balaban J connectivity index is 1.55. The van der Waals surface area contributed by atoms with Gasteiger partial charge in [0.1, 0.15) is 6.04 Å². The zero-order chi connectivity index (χ0) is 24.3. The number of rotatable bonds is 8. The van der Waals surface area contributed by atoms with E-state index in [-0.39, 0.29) is 12.6 Å². The lowest BCUT2D eigenvalue weighted by atomic mass is 10.1. The van der Waals surface area contributed by atoms with E-state index >= 15 is 0 Å². The molecule has 3 aromatic rings. The molecule has 0 saturated carbocycles. The lowest BCUT2D eigenvalue weighted by Gasteiger charge is -2.14. The summed E-state index contributed by atoms with van der Waals surface area (Å²) in [4.78, 5) is 23.7. The third-order valence-corrected chi connectivity index (χ3v) is 5.33. The van der Waals surface area contributed by atoms with Gasteiger partial charge in [0.05, 0.1) is 0 Å². The lowest BCUT2D eigenvalue weighted by Crippen LogP contribution is -2.50. The van der Waals surface area contributed by atoms with Gasteiger partial charge < -0.3 is 16.4 Å². The summed E-state index contributed by atoms with van der Waals surface area (Å²) in [6, 6.07) is 24.3. The van der Waals surface area contributed by atoms with Crippen LogP contribution in [0.25, 0.3) is 0 Å². The molecule has 0 aliphatic rings. The number of hydrogen-bond acceptors (Lipinski definition) is 5. The van der Waals surface area contributed by atoms with Crippen LogP contribution in [0.5, 0.6) is 0 Å². The van der Waals surface area contributed by atoms with E-state index in [4.69, 9.17) is 10.9 Å². The third kappa shape index (κ3) is 7.02. The summed E-state index contributed by atoms with van der Waals surface area (Å²) in [5.74, 6) is 4.97. The standard InChI is InChI=1S/C27H28N4O3/c1-19(23-5-3-2-4-6-23)29-18-22-11-9-20(10-12-22)7-8-21-13-15-24(16-14-21)26(32)30-25(17-28)27(33)31-34/h2-6,9-16,19,25,29,34H,17-18,28H2,1H3,(H,30,32)(H,31,33)/t19-,25+/m1/s1. The van der Waals surface area contributed by atoms with Gasteiger partial charge in [-0.1, -0.05) is 54.3 Å². The van der Waals surface area contributed by atoms with Crippen molar-refractivity contribution in [2.45, 2.75) is 25.6 Å².